The summed E-state index contributed by atoms with van der Waals surface area (Å²) in [4.78, 5) is 0.281. The van der Waals surface area contributed by atoms with E-state index in [1.54, 1.807) is 12.1 Å². The fourth-order valence-corrected chi connectivity index (χ4v) is 2.56. The Labute approximate surface area is 118 Å². The van der Waals surface area contributed by atoms with E-state index < -0.39 is 8.77 Å². The van der Waals surface area contributed by atoms with Gasteiger partial charge in [-0.2, -0.15) is 0 Å². The normalized spacial score (nSPS) is 14.4. The number of hydrogen-bond acceptors (Lipinski definition) is 3. The average molecular weight is 252 g/mol. The van der Waals surface area contributed by atoms with Crippen LogP contribution in [0, 0.1) is 5.92 Å². The second kappa shape index (κ2) is 6.33. The minimum atomic E-state index is -3.50. The van der Waals surface area contributed by atoms with E-state index in [2.05, 4.69) is 11.2 Å². The van der Waals surface area contributed by atoms with Gasteiger partial charge >= 0.3 is 29.6 Å². The molecule has 2 nitrogen and oxygen atoms in total. The van der Waals surface area contributed by atoms with Crippen LogP contribution in [-0.2, 0) is 26.4 Å². The van der Waals surface area contributed by atoms with E-state index in [0.717, 1.165) is 12.0 Å². The van der Waals surface area contributed by atoms with Crippen LogP contribution in [0.25, 0.3) is 0 Å². The van der Waals surface area contributed by atoms with Gasteiger partial charge in [-0.25, -0.2) is 0 Å². The molecular weight excluding hydrogens is 239 g/mol. The first-order valence-electron chi connectivity index (χ1n) is 4.45. The molecule has 0 bridgehead atoms. The van der Waals surface area contributed by atoms with Gasteiger partial charge in [0.05, 0.1) is 0 Å². The summed E-state index contributed by atoms with van der Waals surface area (Å²) < 4.78 is 22.5. The summed E-state index contributed by atoms with van der Waals surface area (Å²) in [5, 5.41) is 0. The van der Waals surface area contributed by atoms with Crippen LogP contribution in [0.3, 0.4) is 0 Å². The van der Waals surface area contributed by atoms with Gasteiger partial charge in [0.2, 0.25) is 0 Å². The number of hydrogen-bond donors (Lipinski definition) is 0. The van der Waals surface area contributed by atoms with Crippen molar-refractivity contribution in [2.45, 2.75) is 25.2 Å². The maximum absolute atomic E-state index is 11.3. The van der Waals surface area contributed by atoms with Crippen LogP contribution in [0.4, 0.5) is 0 Å². The minimum Gasteiger partial charge on any atom is -0.766 e. The Hall–Kier alpha value is 0.550. The Bertz CT molecular complexity index is 413. The van der Waals surface area contributed by atoms with Crippen molar-refractivity contribution in [2.24, 2.45) is 5.92 Å². The van der Waals surface area contributed by atoms with Gasteiger partial charge in [0.15, 0.2) is 0 Å². The Morgan fingerprint density at radius 1 is 1.40 bits per heavy atom. The van der Waals surface area contributed by atoms with Gasteiger partial charge < -0.3 is 4.55 Å². The summed E-state index contributed by atoms with van der Waals surface area (Å²) in [6.45, 7) is 4.10. The molecule has 0 heterocycles. The average Bonchev–Trinajstić information content (AvgIpc) is 2.01. The van der Waals surface area contributed by atoms with Gasteiger partial charge in [-0.1, -0.05) is 32.0 Å². The Balaban J connectivity index is 0.00000196. The summed E-state index contributed by atoms with van der Waals surface area (Å²) in [6.07, 6.45) is 0.742. The molecule has 0 aliphatic carbocycles. The first kappa shape index (κ1) is 15.6. The monoisotopic (exact) mass is 252 g/mol. The summed E-state index contributed by atoms with van der Waals surface area (Å²) in [5.41, 5.74) is 0.817. The largest absolute Gasteiger partial charge is 1.00 e. The fourth-order valence-electron chi connectivity index (χ4n) is 1.36. The second-order valence-corrected chi connectivity index (χ2v) is 6.32. The summed E-state index contributed by atoms with van der Waals surface area (Å²) in [6, 6.07) is 6.92. The SMILES string of the molecule is CC(C)Cc1ccccc1S(=O)([O-])=S.[Na+]. The molecule has 0 saturated carbocycles. The quantitative estimate of drug-likeness (QED) is 0.656. The number of benzene rings is 1. The van der Waals surface area contributed by atoms with Gasteiger partial charge in [-0.3, -0.25) is 4.21 Å². The zero-order chi connectivity index (χ0) is 10.8. The molecule has 0 aromatic heterocycles. The van der Waals surface area contributed by atoms with Crippen molar-refractivity contribution in [2.75, 3.05) is 0 Å². The first-order valence-corrected chi connectivity index (χ1v) is 6.86. The smallest absolute Gasteiger partial charge is 0.766 e. The third-order valence-corrected chi connectivity index (χ3v) is 3.35. The molecule has 1 atom stereocenters. The topological polar surface area (TPSA) is 40.1 Å². The van der Waals surface area contributed by atoms with Crippen molar-refractivity contribution in [3.8, 4) is 0 Å². The van der Waals surface area contributed by atoms with E-state index in [-0.39, 0.29) is 34.5 Å². The molecule has 1 aromatic rings. The third kappa shape index (κ3) is 4.93. The zero-order valence-corrected chi connectivity index (χ0v) is 12.9. The molecular formula is C10H13NaO2S2. The van der Waals surface area contributed by atoms with Crippen LogP contribution in [0.2, 0.25) is 0 Å². The van der Waals surface area contributed by atoms with Crippen molar-refractivity contribution >= 4 is 20.0 Å². The molecule has 0 aliphatic rings. The molecule has 1 unspecified atom stereocenters. The van der Waals surface area contributed by atoms with Crippen LogP contribution >= 0.6 is 0 Å². The van der Waals surface area contributed by atoms with Crippen LogP contribution in [0.1, 0.15) is 19.4 Å². The molecule has 0 N–H and O–H groups in total. The molecule has 0 spiro atoms. The van der Waals surface area contributed by atoms with Gasteiger partial charge in [-0.15, -0.1) is 0 Å². The maximum atomic E-state index is 11.3. The number of rotatable bonds is 3. The fraction of sp³-hybridized carbons (Fsp3) is 0.400. The van der Waals surface area contributed by atoms with Gasteiger partial charge in [0.1, 0.15) is 0 Å². The van der Waals surface area contributed by atoms with Crippen molar-refractivity contribution in [1.82, 2.24) is 0 Å². The van der Waals surface area contributed by atoms with E-state index in [4.69, 9.17) is 0 Å². The Morgan fingerprint density at radius 2 is 1.93 bits per heavy atom. The van der Waals surface area contributed by atoms with Crippen molar-refractivity contribution in [3.63, 3.8) is 0 Å². The van der Waals surface area contributed by atoms with Crippen molar-refractivity contribution in [3.05, 3.63) is 29.8 Å². The predicted octanol–water partition coefficient (Wildman–Crippen LogP) is -0.875. The molecule has 0 amide bonds. The summed E-state index contributed by atoms with van der Waals surface area (Å²) >= 11 is 4.46. The first-order chi connectivity index (χ1) is 6.41. The van der Waals surface area contributed by atoms with Crippen LogP contribution < -0.4 is 29.6 Å². The van der Waals surface area contributed by atoms with Crippen LogP contribution in [0.5, 0.6) is 0 Å². The third-order valence-electron chi connectivity index (χ3n) is 1.87. The molecule has 0 aliphatic heterocycles. The van der Waals surface area contributed by atoms with E-state index in [9.17, 15) is 8.76 Å². The summed E-state index contributed by atoms with van der Waals surface area (Å²) in [5.74, 6) is 0.424. The van der Waals surface area contributed by atoms with Crippen LogP contribution in [0.15, 0.2) is 29.2 Å². The van der Waals surface area contributed by atoms with E-state index in [0.29, 0.717) is 5.92 Å². The molecule has 0 fully saturated rings. The Kier molecular flexibility index (Phi) is 6.56. The van der Waals surface area contributed by atoms with Gasteiger partial charge in [0, 0.05) is 4.90 Å². The molecule has 1 rings (SSSR count). The van der Waals surface area contributed by atoms with Gasteiger partial charge in [-0.05, 0) is 43.9 Å². The maximum Gasteiger partial charge on any atom is 1.00 e. The molecule has 5 heteroatoms. The molecule has 0 saturated heterocycles. The molecule has 1 aromatic carbocycles. The van der Waals surface area contributed by atoms with E-state index >= 15 is 0 Å². The van der Waals surface area contributed by atoms with E-state index in [1.165, 1.54) is 0 Å². The summed E-state index contributed by atoms with van der Waals surface area (Å²) in [7, 11) is -3.50. The molecule has 0 radical (unpaired) electrons. The second-order valence-electron chi connectivity index (χ2n) is 3.66. The predicted molar refractivity (Wildman–Crippen MR) is 59.5 cm³/mol. The zero-order valence-electron chi connectivity index (χ0n) is 9.23. The minimum absolute atomic E-state index is 0. The van der Waals surface area contributed by atoms with E-state index in [1.807, 2.05) is 26.0 Å². The standard InChI is InChI=1S/C10H14O2S2.Na/c1-8(2)7-9-5-3-4-6-10(9)14(11,12)13;/h3-6,8H,7H2,1-2H3,(H,11,12,13);/q;+1/p-1. The van der Waals surface area contributed by atoms with Gasteiger partial charge in [0.25, 0.3) is 0 Å². The van der Waals surface area contributed by atoms with Crippen molar-refractivity contribution in [1.29, 1.82) is 0 Å². The molecule has 15 heavy (non-hydrogen) atoms. The Morgan fingerprint density at radius 3 is 2.40 bits per heavy atom. The van der Waals surface area contributed by atoms with Crippen molar-refractivity contribution < 1.29 is 38.3 Å². The van der Waals surface area contributed by atoms with Crippen LogP contribution in [-0.4, -0.2) is 8.76 Å². The molecule has 78 valence electrons.